The van der Waals surface area contributed by atoms with Gasteiger partial charge in [0, 0.05) is 13.7 Å². The number of thiophene rings is 1. The number of hydrogen-bond acceptors (Lipinski definition) is 4. The normalized spacial score (nSPS) is 25.5. The van der Waals surface area contributed by atoms with E-state index < -0.39 is 0 Å². The maximum absolute atomic E-state index is 10.6. The number of carbonyl (C=O) groups is 1. The van der Waals surface area contributed by atoms with Crippen LogP contribution in [0.1, 0.15) is 23.0 Å². The first-order valence-corrected chi connectivity index (χ1v) is 5.93. The van der Waals surface area contributed by atoms with Crippen molar-refractivity contribution in [3.8, 4) is 0 Å². The number of hydrogen-bond donors (Lipinski definition) is 0. The molecule has 0 saturated carbocycles. The van der Waals surface area contributed by atoms with Gasteiger partial charge in [-0.2, -0.15) is 0 Å². The summed E-state index contributed by atoms with van der Waals surface area (Å²) in [6.45, 7) is 2.94. The van der Waals surface area contributed by atoms with Crippen LogP contribution < -0.4 is 4.90 Å². The van der Waals surface area contributed by atoms with E-state index in [4.69, 9.17) is 4.74 Å². The van der Waals surface area contributed by atoms with Gasteiger partial charge in [-0.1, -0.05) is 0 Å². The lowest BCUT2D eigenvalue weighted by molar-refractivity contribution is 0.112. The number of anilines is 1. The van der Waals surface area contributed by atoms with Crippen molar-refractivity contribution in [2.45, 2.75) is 25.5 Å². The van der Waals surface area contributed by atoms with Gasteiger partial charge < -0.3 is 9.64 Å². The predicted octanol–water partition coefficient (Wildman–Crippen LogP) is 2.17. The van der Waals surface area contributed by atoms with E-state index in [-0.39, 0.29) is 6.10 Å². The molecule has 2 rings (SSSR count). The van der Waals surface area contributed by atoms with Crippen LogP contribution in [0.3, 0.4) is 0 Å². The second kappa shape index (κ2) is 4.33. The summed E-state index contributed by atoms with van der Waals surface area (Å²) >= 11 is 1.53. The maximum atomic E-state index is 10.6. The molecule has 1 aliphatic heterocycles. The molecule has 1 aromatic heterocycles. The summed E-state index contributed by atoms with van der Waals surface area (Å²) in [7, 11) is 2.07. The van der Waals surface area contributed by atoms with E-state index in [9.17, 15) is 4.79 Å². The Labute approximate surface area is 93.7 Å². The van der Waals surface area contributed by atoms with Crippen molar-refractivity contribution in [1.29, 1.82) is 0 Å². The Morgan fingerprint density at radius 1 is 1.60 bits per heavy atom. The van der Waals surface area contributed by atoms with Crippen molar-refractivity contribution >= 4 is 22.6 Å². The molecule has 1 fully saturated rings. The molecule has 0 spiro atoms. The second-order valence-electron chi connectivity index (χ2n) is 3.84. The fourth-order valence-electron chi connectivity index (χ4n) is 1.99. The number of aldehydes is 1. The molecule has 2 heterocycles. The molecule has 0 bridgehead atoms. The SMILES string of the molecule is CC1OCCC1N(C)c1ccc(C=O)s1. The van der Waals surface area contributed by atoms with Crippen LogP contribution in [0, 0.1) is 0 Å². The summed E-state index contributed by atoms with van der Waals surface area (Å²) in [6, 6.07) is 4.30. The zero-order chi connectivity index (χ0) is 10.8. The molecular weight excluding hydrogens is 210 g/mol. The smallest absolute Gasteiger partial charge is 0.160 e. The van der Waals surface area contributed by atoms with Gasteiger partial charge in [0.2, 0.25) is 0 Å². The number of nitrogens with zero attached hydrogens (tertiary/aromatic N) is 1. The lowest BCUT2D eigenvalue weighted by Gasteiger charge is -2.27. The van der Waals surface area contributed by atoms with Gasteiger partial charge >= 0.3 is 0 Å². The number of rotatable bonds is 3. The molecule has 2 atom stereocenters. The minimum absolute atomic E-state index is 0.275. The van der Waals surface area contributed by atoms with Gasteiger partial charge in [0.25, 0.3) is 0 Å². The first-order chi connectivity index (χ1) is 7.22. The van der Waals surface area contributed by atoms with Crippen LogP contribution in [0.2, 0.25) is 0 Å². The highest BCUT2D eigenvalue weighted by atomic mass is 32.1. The highest BCUT2D eigenvalue weighted by molar-refractivity contribution is 7.17. The van der Waals surface area contributed by atoms with E-state index in [1.54, 1.807) is 0 Å². The quantitative estimate of drug-likeness (QED) is 0.738. The predicted molar refractivity (Wildman–Crippen MR) is 61.9 cm³/mol. The molecule has 4 heteroatoms. The van der Waals surface area contributed by atoms with Crippen LogP contribution in [-0.4, -0.2) is 32.1 Å². The van der Waals surface area contributed by atoms with Crippen LogP contribution in [0.5, 0.6) is 0 Å². The Hall–Kier alpha value is -0.870. The number of likely N-dealkylation sites (N-methyl/N-ethyl adjacent to an activating group) is 1. The molecule has 0 amide bonds. The van der Waals surface area contributed by atoms with Crippen molar-refractivity contribution < 1.29 is 9.53 Å². The van der Waals surface area contributed by atoms with Crippen molar-refractivity contribution in [1.82, 2.24) is 0 Å². The minimum atomic E-state index is 0.275. The molecule has 82 valence electrons. The fraction of sp³-hybridized carbons (Fsp3) is 0.545. The molecule has 1 aliphatic rings. The van der Waals surface area contributed by atoms with Gasteiger partial charge in [-0.05, 0) is 25.5 Å². The third-order valence-corrected chi connectivity index (χ3v) is 4.01. The van der Waals surface area contributed by atoms with E-state index in [1.165, 1.54) is 11.3 Å². The Morgan fingerprint density at radius 3 is 2.93 bits per heavy atom. The lowest BCUT2D eigenvalue weighted by atomic mass is 10.1. The van der Waals surface area contributed by atoms with Crippen molar-refractivity contribution in [3.63, 3.8) is 0 Å². The summed E-state index contributed by atoms with van der Waals surface area (Å²) in [5.41, 5.74) is 0. The molecule has 0 radical (unpaired) electrons. The average Bonchev–Trinajstić information content (AvgIpc) is 2.84. The van der Waals surface area contributed by atoms with Crippen LogP contribution in [0.15, 0.2) is 12.1 Å². The first kappa shape index (κ1) is 10.6. The van der Waals surface area contributed by atoms with E-state index >= 15 is 0 Å². The summed E-state index contributed by atoms with van der Waals surface area (Å²) < 4.78 is 5.53. The zero-order valence-electron chi connectivity index (χ0n) is 8.97. The van der Waals surface area contributed by atoms with E-state index in [0.717, 1.165) is 29.2 Å². The van der Waals surface area contributed by atoms with Crippen LogP contribution in [0.25, 0.3) is 0 Å². The Balaban J connectivity index is 2.12. The summed E-state index contributed by atoms with van der Waals surface area (Å²) in [6.07, 6.45) is 2.24. The highest BCUT2D eigenvalue weighted by Gasteiger charge is 2.28. The van der Waals surface area contributed by atoms with Gasteiger partial charge in [0.1, 0.15) is 0 Å². The summed E-state index contributed by atoms with van der Waals surface area (Å²) in [5.74, 6) is 0. The summed E-state index contributed by atoms with van der Waals surface area (Å²) in [5, 5.41) is 1.14. The molecule has 0 aliphatic carbocycles. The lowest BCUT2D eigenvalue weighted by Crippen LogP contribution is -2.36. The van der Waals surface area contributed by atoms with Crippen molar-refractivity contribution in [2.75, 3.05) is 18.6 Å². The molecule has 1 aromatic rings. The molecular formula is C11H15NO2S. The van der Waals surface area contributed by atoms with Gasteiger partial charge in [0.05, 0.1) is 22.0 Å². The van der Waals surface area contributed by atoms with E-state index in [1.807, 2.05) is 12.1 Å². The monoisotopic (exact) mass is 225 g/mol. The Morgan fingerprint density at radius 2 is 2.40 bits per heavy atom. The standard InChI is InChI=1S/C11H15NO2S/c1-8-10(5-6-14-8)12(2)11-4-3-9(7-13)15-11/h3-4,7-8,10H,5-6H2,1-2H3. The molecule has 2 unspecified atom stereocenters. The van der Waals surface area contributed by atoms with Gasteiger partial charge in [-0.25, -0.2) is 0 Å². The maximum Gasteiger partial charge on any atom is 0.160 e. The largest absolute Gasteiger partial charge is 0.376 e. The fourth-order valence-corrected chi connectivity index (χ4v) is 2.83. The molecule has 0 aromatic carbocycles. The average molecular weight is 225 g/mol. The van der Waals surface area contributed by atoms with Crippen molar-refractivity contribution in [2.24, 2.45) is 0 Å². The van der Waals surface area contributed by atoms with Gasteiger partial charge in [-0.3, -0.25) is 4.79 Å². The van der Waals surface area contributed by atoms with Crippen LogP contribution in [-0.2, 0) is 4.74 Å². The van der Waals surface area contributed by atoms with E-state index in [2.05, 4.69) is 18.9 Å². The Kier molecular flexibility index (Phi) is 3.07. The molecule has 3 nitrogen and oxygen atoms in total. The minimum Gasteiger partial charge on any atom is -0.376 e. The van der Waals surface area contributed by atoms with Crippen molar-refractivity contribution in [3.05, 3.63) is 17.0 Å². The van der Waals surface area contributed by atoms with Gasteiger partial charge in [0.15, 0.2) is 6.29 Å². The molecule has 1 saturated heterocycles. The molecule has 0 N–H and O–H groups in total. The Bertz CT molecular complexity index is 350. The van der Waals surface area contributed by atoms with Gasteiger partial charge in [-0.15, -0.1) is 11.3 Å². The summed E-state index contributed by atoms with van der Waals surface area (Å²) in [4.78, 5) is 13.6. The zero-order valence-corrected chi connectivity index (χ0v) is 9.79. The second-order valence-corrected chi connectivity index (χ2v) is 4.93. The van der Waals surface area contributed by atoms with Crippen LogP contribution in [0.4, 0.5) is 5.00 Å². The van der Waals surface area contributed by atoms with Crippen LogP contribution >= 0.6 is 11.3 Å². The first-order valence-electron chi connectivity index (χ1n) is 5.12. The number of ether oxygens (including phenoxy) is 1. The topological polar surface area (TPSA) is 29.5 Å². The third kappa shape index (κ3) is 2.06. The highest BCUT2D eigenvalue weighted by Crippen LogP contribution is 2.29. The number of carbonyl (C=O) groups excluding carboxylic acids is 1. The molecule has 15 heavy (non-hydrogen) atoms. The third-order valence-electron chi connectivity index (χ3n) is 2.91. The van der Waals surface area contributed by atoms with E-state index in [0.29, 0.717) is 6.04 Å².